The number of carbonyl (C=O) groups excluding carboxylic acids is 2. The zero-order chi connectivity index (χ0) is 21.3. The minimum absolute atomic E-state index is 0.0769. The minimum Gasteiger partial charge on any atom is -0.507 e. The predicted molar refractivity (Wildman–Crippen MR) is 112 cm³/mol. The molecule has 1 saturated heterocycles. The van der Waals surface area contributed by atoms with Gasteiger partial charge in [-0.3, -0.25) is 9.59 Å². The van der Waals surface area contributed by atoms with Gasteiger partial charge in [-0.2, -0.15) is 0 Å². The molecule has 0 spiro atoms. The van der Waals surface area contributed by atoms with Gasteiger partial charge in [-0.15, -0.1) is 0 Å². The SMILES string of the molecule is COCCCN1C(=O)C(=O)C(=C(O)c2ccc3c(c2)C[C@H](C)O3)[C@H]1c1ccccc1. The van der Waals surface area contributed by atoms with Gasteiger partial charge in [-0.05, 0) is 42.7 Å². The second-order valence-corrected chi connectivity index (χ2v) is 7.70. The maximum atomic E-state index is 13.0. The third-order valence-corrected chi connectivity index (χ3v) is 5.57. The third-order valence-electron chi connectivity index (χ3n) is 5.57. The molecule has 2 aromatic rings. The first kappa shape index (κ1) is 20.2. The zero-order valence-electron chi connectivity index (χ0n) is 17.1. The van der Waals surface area contributed by atoms with Gasteiger partial charge < -0.3 is 19.5 Å². The van der Waals surface area contributed by atoms with E-state index in [1.165, 1.54) is 4.90 Å². The summed E-state index contributed by atoms with van der Waals surface area (Å²) in [7, 11) is 1.60. The number of hydrogen-bond donors (Lipinski definition) is 1. The van der Waals surface area contributed by atoms with Gasteiger partial charge in [-0.1, -0.05) is 30.3 Å². The molecule has 0 bridgehead atoms. The topological polar surface area (TPSA) is 76.1 Å². The second-order valence-electron chi connectivity index (χ2n) is 7.70. The van der Waals surface area contributed by atoms with Crippen molar-refractivity contribution < 1.29 is 24.2 Å². The molecule has 2 aliphatic rings. The molecule has 1 fully saturated rings. The number of likely N-dealkylation sites (tertiary alicyclic amines) is 1. The first-order valence-corrected chi connectivity index (χ1v) is 10.1. The van der Waals surface area contributed by atoms with Gasteiger partial charge in [0.25, 0.3) is 11.7 Å². The molecule has 0 saturated carbocycles. The van der Waals surface area contributed by atoms with E-state index in [-0.39, 0.29) is 17.4 Å². The van der Waals surface area contributed by atoms with Crippen LogP contribution < -0.4 is 4.74 Å². The Morgan fingerprint density at radius 1 is 1.20 bits per heavy atom. The maximum absolute atomic E-state index is 13.0. The number of nitrogens with zero attached hydrogens (tertiary/aromatic N) is 1. The number of rotatable bonds is 6. The Bertz CT molecular complexity index is 998. The summed E-state index contributed by atoms with van der Waals surface area (Å²) >= 11 is 0. The summed E-state index contributed by atoms with van der Waals surface area (Å²) in [5.41, 5.74) is 2.41. The van der Waals surface area contributed by atoms with Crippen molar-refractivity contribution in [2.75, 3.05) is 20.3 Å². The number of methoxy groups -OCH3 is 1. The van der Waals surface area contributed by atoms with Crippen molar-refractivity contribution in [2.45, 2.75) is 31.9 Å². The van der Waals surface area contributed by atoms with Gasteiger partial charge in [0.05, 0.1) is 11.6 Å². The smallest absolute Gasteiger partial charge is 0.295 e. The molecule has 0 unspecified atom stereocenters. The largest absolute Gasteiger partial charge is 0.507 e. The molecule has 2 aromatic carbocycles. The molecule has 2 heterocycles. The average molecular weight is 407 g/mol. The quantitative estimate of drug-likeness (QED) is 0.343. The Labute approximate surface area is 175 Å². The number of hydrogen-bond acceptors (Lipinski definition) is 5. The van der Waals surface area contributed by atoms with Crippen molar-refractivity contribution in [3.8, 4) is 5.75 Å². The van der Waals surface area contributed by atoms with E-state index in [1.807, 2.05) is 43.3 Å². The van der Waals surface area contributed by atoms with Gasteiger partial charge in [0.15, 0.2) is 0 Å². The van der Waals surface area contributed by atoms with Gasteiger partial charge in [0.2, 0.25) is 0 Å². The lowest BCUT2D eigenvalue weighted by Gasteiger charge is -2.25. The first-order chi connectivity index (χ1) is 14.5. The van der Waals surface area contributed by atoms with E-state index in [0.717, 1.165) is 23.3 Å². The fraction of sp³-hybridized carbons (Fsp3) is 0.333. The summed E-state index contributed by atoms with van der Waals surface area (Å²) in [6, 6.07) is 14.1. The molecule has 30 heavy (non-hydrogen) atoms. The van der Waals surface area contributed by atoms with Crippen LogP contribution in [0.4, 0.5) is 0 Å². The zero-order valence-corrected chi connectivity index (χ0v) is 17.1. The lowest BCUT2D eigenvalue weighted by Crippen LogP contribution is -2.31. The number of fused-ring (bicyclic) bond motifs is 1. The standard InChI is InChI=1S/C24H25NO5/c1-15-13-18-14-17(9-10-19(18)30-15)22(26)20-21(16-7-4-3-5-8-16)25(11-6-12-29-2)24(28)23(20)27/h3-5,7-10,14-15,21,26H,6,11-13H2,1-2H3/t15-,21+/m0/s1. The van der Waals surface area contributed by atoms with Crippen molar-refractivity contribution in [2.24, 2.45) is 0 Å². The average Bonchev–Trinajstić information content (AvgIpc) is 3.25. The lowest BCUT2D eigenvalue weighted by molar-refractivity contribution is -0.140. The van der Waals surface area contributed by atoms with E-state index in [0.29, 0.717) is 25.1 Å². The molecular formula is C24H25NO5. The van der Waals surface area contributed by atoms with E-state index in [9.17, 15) is 14.7 Å². The van der Waals surface area contributed by atoms with Crippen LogP contribution in [0.3, 0.4) is 0 Å². The summed E-state index contributed by atoms with van der Waals surface area (Å²) in [5, 5.41) is 11.1. The van der Waals surface area contributed by atoms with Crippen LogP contribution in [0.1, 0.15) is 36.1 Å². The number of amides is 1. The normalized spacial score (nSPS) is 22.3. The van der Waals surface area contributed by atoms with Crippen molar-refractivity contribution >= 4 is 17.4 Å². The van der Waals surface area contributed by atoms with Crippen LogP contribution in [0.2, 0.25) is 0 Å². The number of carbonyl (C=O) groups is 2. The summed E-state index contributed by atoms with van der Waals surface area (Å²) in [5.74, 6) is -0.624. The van der Waals surface area contributed by atoms with Gasteiger partial charge in [0.1, 0.15) is 17.6 Å². The monoisotopic (exact) mass is 407 g/mol. The van der Waals surface area contributed by atoms with E-state index in [2.05, 4.69) is 0 Å². The van der Waals surface area contributed by atoms with E-state index in [1.54, 1.807) is 19.2 Å². The summed E-state index contributed by atoms with van der Waals surface area (Å²) < 4.78 is 10.8. The molecule has 2 atom stereocenters. The number of Topliss-reactive ketones (excluding diaryl/α,β-unsaturated/α-hetero) is 1. The molecule has 156 valence electrons. The number of ether oxygens (including phenoxy) is 2. The van der Waals surface area contributed by atoms with Gasteiger partial charge in [0, 0.05) is 32.2 Å². The molecule has 0 aliphatic carbocycles. The Kier molecular flexibility index (Phi) is 5.59. The van der Waals surface area contributed by atoms with Crippen molar-refractivity contribution in [3.05, 3.63) is 70.8 Å². The fourth-order valence-corrected chi connectivity index (χ4v) is 4.20. The lowest BCUT2D eigenvalue weighted by atomic mass is 9.94. The Balaban J connectivity index is 1.78. The van der Waals surface area contributed by atoms with Crippen LogP contribution in [-0.4, -0.2) is 48.1 Å². The van der Waals surface area contributed by atoms with E-state index >= 15 is 0 Å². The van der Waals surface area contributed by atoms with Gasteiger partial charge in [-0.25, -0.2) is 0 Å². The highest BCUT2D eigenvalue weighted by Crippen LogP contribution is 2.40. The summed E-state index contributed by atoms with van der Waals surface area (Å²) in [6.45, 7) is 2.83. The van der Waals surface area contributed by atoms with Crippen LogP contribution in [-0.2, 0) is 20.7 Å². The van der Waals surface area contributed by atoms with Crippen LogP contribution in [0, 0.1) is 0 Å². The fourth-order valence-electron chi connectivity index (χ4n) is 4.20. The van der Waals surface area contributed by atoms with Crippen LogP contribution in [0.15, 0.2) is 54.1 Å². The highest BCUT2D eigenvalue weighted by atomic mass is 16.5. The molecule has 2 aliphatic heterocycles. The summed E-state index contributed by atoms with van der Waals surface area (Å²) in [4.78, 5) is 27.3. The van der Waals surface area contributed by atoms with Crippen LogP contribution in [0.25, 0.3) is 5.76 Å². The number of aliphatic hydroxyl groups excluding tert-OH is 1. The van der Waals surface area contributed by atoms with Crippen molar-refractivity contribution in [1.82, 2.24) is 4.90 Å². The Hall–Kier alpha value is -3.12. The second kappa shape index (κ2) is 8.32. The van der Waals surface area contributed by atoms with E-state index in [4.69, 9.17) is 9.47 Å². The minimum atomic E-state index is -0.663. The molecule has 6 heteroatoms. The molecule has 0 radical (unpaired) electrons. The first-order valence-electron chi connectivity index (χ1n) is 10.1. The number of aliphatic hydroxyl groups is 1. The highest BCUT2D eigenvalue weighted by Gasteiger charge is 2.45. The molecule has 6 nitrogen and oxygen atoms in total. The molecule has 1 N–H and O–H groups in total. The third kappa shape index (κ3) is 3.59. The van der Waals surface area contributed by atoms with Crippen LogP contribution in [0.5, 0.6) is 5.75 Å². The molecule has 1 amide bonds. The van der Waals surface area contributed by atoms with Crippen LogP contribution >= 0.6 is 0 Å². The molecule has 4 rings (SSSR count). The number of ketones is 1. The molecule has 0 aromatic heterocycles. The van der Waals surface area contributed by atoms with Gasteiger partial charge >= 0.3 is 0 Å². The predicted octanol–water partition coefficient (Wildman–Crippen LogP) is 3.47. The maximum Gasteiger partial charge on any atom is 0.295 e. The molecular weight excluding hydrogens is 382 g/mol. The summed E-state index contributed by atoms with van der Waals surface area (Å²) in [6.07, 6.45) is 1.42. The van der Waals surface area contributed by atoms with E-state index < -0.39 is 17.7 Å². The highest BCUT2D eigenvalue weighted by molar-refractivity contribution is 6.46. The van der Waals surface area contributed by atoms with Crippen molar-refractivity contribution in [3.63, 3.8) is 0 Å². The van der Waals surface area contributed by atoms with Crippen molar-refractivity contribution in [1.29, 1.82) is 0 Å². The Morgan fingerprint density at radius 2 is 1.97 bits per heavy atom. The number of benzene rings is 2. The Morgan fingerprint density at radius 3 is 2.70 bits per heavy atom.